The standard InChI is InChI=1S/C11H24N2O2S/c1-4-13(16(14,15)10(2)3)9-11-6-5-7-12-8-11/h10-12H,4-9H2,1-3H3. The summed E-state index contributed by atoms with van der Waals surface area (Å²) in [6.07, 6.45) is 2.29. The SMILES string of the molecule is CCN(CC1CCCNC1)S(=O)(=O)C(C)C. The van der Waals surface area contributed by atoms with Gasteiger partial charge in [0.1, 0.15) is 0 Å². The van der Waals surface area contributed by atoms with Crippen molar-refractivity contribution in [3.05, 3.63) is 0 Å². The first-order valence-electron chi connectivity index (χ1n) is 6.18. The number of rotatable bonds is 5. The van der Waals surface area contributed by atoms with Crippen LogP contribution in [-0.4, -0.2) is 44.2 Å². The van der Waals surface area contributed by atoms with Gasteiger partial charge in [-0.1, -0.05) is 6.92 Å². The third-order valence-corrected chi connectivity index (χ3v) is 5.49. The number of hydrogen-bond donors (Lipinski definition) is 1. The average Bonchev–Trinajstić information content (AvgIpc) is 2.26. The Bertz CT molecular complexity index is 295. The maximum absolute atomic E-state index is 12.0. The fourth-order valence-corrected chi connectivity index (χ4v) is 3.45. The van der Waals surface area contributed by atoms with Crippen LogP contribution < -0.4 is 5.32 Å². The van der Waals surface area contributed by atoms with Crippen molar-refractivity contribution >= 4 is 10.0 Å². The van der Waals surface area contributed by atoms with Gasteiger partial charge in [-0.2, -0.15) is 0 Å². The molecule has 0 aromatic heterocycles. The largest absolute Gasteiger partial charge is 0.316 e. The number of hydrogen-bond acceptors (Lipinski definition) is 3. The first kappa shape index (κ1) is 13.9. The molecule has 1 aliphatic heterocycles. The molecule has 0 bridgehead atoms. The Morgan fingerprint density at radius 2 is 2.12 bits per heavy atom. The Morgan fingerprint density at radius 1 is 1.44 bits per heavy atom. The fraction of sp³-hybridized carbons (Fsp3) is 1.00. The molecule has 0 spiro atoms. The normalized spacial score (nSPS) is 22.9. The summed E-state index contributed by atoms with van der Waals surface area (Å²) in [6.45, 7) is 8.68. The highest BCUT2D eigenvalue weighted by atomic mass is 32.2. The van der Waals surface area contributed by atoms with Crippen molar-refractivity contribution in [2.75, 3.05) is 26.2 Å². The van der Waals surface area contributed by atoms with E-state index in [2.05, 4.69) is 5.32 Å². The maximum Gasteiger partial charge on any atom is 0.216 e. The molecule has 1 N–H and O–H groups in total. The Kier molecular flexibility index (Phi) is 5.21. The van der Waals surface area contributed by atoms with Gasteiger partial charge in [-0.25, -0.2) is 12.7 Å². The Morgan fingerprint density at radius 3 is 2.56 bits per heavy atom. The topological polar surface area (TPSA) is 49.4 Å². The molecule has 0 aromatic rings. The monoisotopic (exact) mass is 248 g/mol. The van der Waals surface area contributed by atoms with Crippen molar-refractivity contribution in [1.29, 1.82) is 0 Å². The second-order valence-electron chi connectivity index (χ2n) is 4.76. The van der Waals surface area contributed by atoms with E-state index in [0.717, 1.165) is 25.9 Å². The van der Waals surface area contributed by atoms with Crippen LogP contribution in [0.3, 0.4) is 0 Å². The van der Waals surface area contributed by atoms with E-state index in [-0.39, 0.29) is 5.25 Å². The van der Waals surface area contributed by atoms with Crippen molar-refractivity contribution < 1.29 is 8.42 Å². The van der Waals surface area contributed by atoms with Gasteiger partial charge >= 0.3 is 0 Å². The predicted octanol–water partition coefficient (Wildman–Crippen LogP) is 1.05. The van der Waals surface area contributed by atoms with E-state index in [1.54, 1.807) is 18.2 Å². The summed E-state index contributed by atoms with van der Waals surface area (Å²) in [5.41, 5.74) is 0. The van der Waals surface area contributed by atoms with E-state index < -0.39 is 10.0 Å². The number of nitrogens with one attached hydrogen (secondary N) is 1. The van der Waals surface area contributed by atoms with Crippen molar-refractivity contribution in [2.24, 2.45) is 5.92 Å². The van der Waals surface area contributed by atoms with Gasteiger partial charge in [-0.3, -0.25) is 0 Å². The summed E-state index contributed by atoms with van der Waals surface area (Å²) >= 11 is 0. The van der Waals surface area contributed by atoms with E-state index >= 15 is 0 Å². The number of piperidine rings is 1. The zero-order valence-corrected chi connectivity index (χ0v) is 11.4. The minimum Gasteiger partial charge on any atom is -0.316 e. The molecule has 1 rings (SSSR count). The highest BCUT2D eigenvalue weighted by molar-refractivity contribution is 7.89. The zero-order chi connectivity index (χ0) is 12.2. The molecule has 16 heavy (non-hydrogen) atoms. The molecule has 5 heteroatoms. The van der Waals surface area contributed by atoms with E-state index in [4.69, 9.17) is 0 Å². The molecule has 0 aliphatic carbocycles. The molecule has 0 radical (unpaired) electrons. The lowest BCUT2D eigenvalue weighted by Crippen LogP contribution is -2.43. The Balaban J connectivity index is 2.60. The predicted molar refractivity (Wildman–Crippen MR) is 66.9 cm³/mol. The summed E-state index contributed by atoms with van der Waals surface area (Å²) < 4.78 is 25.7. The molecule has 1 saturated heterocycles. The molecule has 4 nitrogen and oxygen atoms in total. The zero-order valence-electron chi connectivity index (χ0n) is 10.6. The molecule has 96 valence electrons. The maximum atomic E-state index is 12.0. The van der Waals surface area contributed by atoms with Gasteiger partial charge in [0, 0.05) is 13.1 Å². The lowest BCUT2D eigenvalue weighted by molar-refractivity contribution is 0.296. The summed E-state index contributed by atoms with van der Waals surface area (Å²) in [5.74, 6) is 0.474. The molecule has 1 aliphatic rings. The second-order valence-corrected chi connectivity index (χ2v) is 7.25. The van der Waals surface area contributed by atoms with Gasteiger partial charge in [0.2, 0.25) is 10.0 Å². The molecule has 1 fully saturated rings. The number of sulfonamides is 1. The van der Waals surface area contributed by atoms with E-state index in [0.29, 0.717) is 19.0 Å². The molecular formula is C11H24N2O2S. The molecule has 0 amide bonds. The van der Waals surface area contributed by atoms with Gasteiger partial charge in [0.05, 0.1) is 5.25 Å². The van der Waals surface area contributed by atoms with Crippen LogP contribution >= 0.6 is 0 Å². The van der Waals surface area contributed by atoms with Crippen LogP contribution in [0.2, 0.25) is 0 Å². The molecule has 1 unspecified atom stereocenters. The van der Waals surface area contributed by atoms with Gasteiger partial charge in [-0.15, -0.1) is 0 Å². The molecule has 1 heterocycles. The second kappa shape index (κ2) is 5.98. The van der Waals surface area contributed by atoms with Gasteiger partial charge in [0.25, 0.3) is 0 Å². The van der Waals surface area contributed by atoms with Crippen LogP contribution in [0.25, 0.3) is 0 Å². The Hall–Kier alpha value is -0.130. The summed E-state index contributed by atoms with van der Waals surface area (Å²) in [6, 6.07) is 0. The van der Waals surface area contributed by atoms with Crippen LogP contribution in [0, 0.1) is 5.92 Å². The molecular weight excluding hydrogens is 224 g/mol. The van der Waals surface area contributed by atoms with Crippen LogP contribution in [-0.2, 0) is 10.0 Å². The third kappa shape index (κ3) is 3.43. The molecule has 1 atom stereocenters. The molecule has 0 saturated carbocycles. The first-order chi connectivity index (χ1) is 7.48. The van der Waals surface area contributed by atoms with Crippen LogP contribution in [0.5, 0.6) is 0 Å². The smallest absolute Gasteiger partial charge is 0.216 e. The quantitative estimate of drug-likeness (QED) is 0.791. The third-order valence-electron chi connectivity index (χ3n) is 3.17. The Labute approximate surface area is 99.5 Å². The molecule has 0 aromatic carbocycles. The van der Waals surface area contributed by atoms with Crippen LogP contribution in [0.1, 0.15) is 33.6 Å². The first-order valence-corrected chi connectivity index (χ1v) is 7.68. The van der Waals surface area contributed by atoms with E-state index in [1.165, 1.54) is 0 Å². The highest BCUT2D eigenvalue weighted by Crippen LogP contribution is 2.16. The van der Waals surface area contributed by atoms with Crippen molar-refractivity contribution in [2.45, 2.75) is 38.9 Å². The fourth-order valence-electron chi connectivity index (χ4n) is 2.08. The van der Waals surface area contributed by atoms with Crippen LogP contribution in [0.4, 0.5) is 0 Å². The van der Waals surface area contributed by atoms with Gasteiger partial charge in [0.15, 0.2) is 0 Å². The van der Waals surface area contributed by atoms with E-state index in [9.17, 15) is 8.42 Å². The minimum absolute atomic E-state index is 0.316. The average molecular weight is 248 g/mol. The van der Waals surface area contributed by atoms with Gasteiger partial charge < -0.3 is 5.32 Å². The lowest BCUT2D eigenvalue weighted by atomic mass is 10.00. The lowest BCUT2D eigenvalue weighted by Gasteiger charge is -2.29. The van der Waals surface area contributed by atoms with Crippen molar-refractivity contribution in [3.8, 4) is 0 Å². The number of nitrogens with zero attached hydrogens (tertiary/aromatic N) is 1. The minimum atomic E-state index is -3.08. The highest BCUT2D eigenvalue weighted by Gasteiger charge is 2.27. The summed E-state index contributed by atoms with van der Waals surface area (Å²) in [7, 11) is -3.08. The van der Waals surface area contributed by atoms with Crippen molar-refractivity contribution in [1.82, 2.24) is 9.62 Å². The van der Waals surface area contributed by atoms with Crippen LogP contribution in [0.15, 0.2) is 0 Å². The van der Waals surface area contributed by atoms with Crippen molar-refractivity contribution in [3.63, 3.8) is 0 Å². The van der Waals surface area contributed by atoms with Gasteiger partial charge in [-0.05, 0) is 45.7 Å². The van der Waals surface area contributed by atoms with E-state index in [1.807, 2.05) is 6.92 Å². The summed E-state index contributed by atoms with van der Waals surface area (Å²) in [5, 5.41) is 3.01. The summed E-state index contributed by atoms with van der Waals surface area (Å²) in [4.78, 5) is 0.